The van der Waals surface area contributed by atoms with Crippen LogP contribution in [-0.4, -0.2) is 32.7 Å². The van der Waals surface area contributed by atoms with Crippen molar-refractivity contribution in [3.05, 3.63) is 18.7 Å². The molecule has 2 rings (SSSR count). The molecule has 0 spiro atoms. The molecule has 0 unspecified atom stereocenters. The van der Waals surface area contributed by atoms with Gasteiger partial charge in [-0.2, -0.15) is 0 Å². The third-order valence-corrected chi connectivity index (χ3v) is 1.89. The Kier molecular flexibility index (Phi) is 2.69. The van der Waals surface area contributed by atoms with E-state index in [4.69, 9.17) is 4.74 Å². The standard InChI is InChI=1S/C9H11N4O/c1-2-14-6-5-13-7-12-8-9(13)11-4-3-10-8/h4,7H,2,5-6H2,1H3. The third kappa shape index (κ3) is 1.72. The van der Waals surface area contributed by atoms with E-state index in [0.29, 0.717) is 12.3 Å². The predicted molar refractivity (Wildman–Crippen MR) is 50.7 cm³/mol. The maximum Gasteiger partial charge on any atom is 0.198 e. The summed E-state index contributed by atoms with van der Waals surface area (Å²) in [5.41, 5.74) is 1.41. The van der Waals surface area contributed by atoms with Gasteiger partial charge < -0.3 is 9.30 Å². The van der Waals surface area contributed by atoms with E-state index in [-0.39, 0.29) is 0 Å². The Morgan fingerprint density at radius 3 is 3.29 bits per heavy atom. The molecule has 2 heterocycles. The second-order valence-corrected chi connectivity index (χ2v) is 2.78. The fraction of sp³-hybridized carbons (Fsp3) is 0.444. The van der Waals surface area contributed by atoms with Gasteiger partial charge in [0, 0.05) is 13.2 Å². The Morgan fingerprint density at radius 2 is 2.43 bits per heavy atom. The summed E-state index contributed by atoms with van der Waals surface area (Å²) in [4.78, 5) is 12.2. The van der Waals surface area contributed by atoms with Crippen LogP contribution in [0.25, 0.3) is 11.3 Å². The number of ether oxygens (including phenoxy) is 1. The highest BCUT2D eigenvalue weighted by Gasteiger charge is 2.02. The SMILES string of the molecule is CCOCCn1cnc2n[c]cnc21. The van der Waals surface area contributed by atoms with Crippen molar-refractivity contribution < 1.29 is 4.74 Å². The second kappa shape index (κ2) is 4.15. The van der Waals surface area contributed by atoms with E-state index in [1.807, 2.05) is 11.5 Å². The molecule has 0 aliphatic rings. The molecular weight excluding hydrogens is 180 g/mol. The van der Waals surface area contributed by atoms with Crippen LogP contribution in [0.4, 0.5) is 0 Å². The van der Waals surface area contributed by atoms with Crippen molar-refractivity contribution in [2.75, 3.05) is 13.2 Å². The molecule has 0 aromatic carbocycles. The largest absolute Gasteiger partial charge is 0.380 e. The molecule has 14 heavy (non-hydrogen) atoms. The summed E-state index contributed by atoms with van der Waals surface area (Å²) >= 11 is 0. The molecule has 0 atom stereocenters. The van der Waals surface area contributed by atoms with Crippen LogP contribution in [0.2, 0.25) is 0 Å². The first kappa shape index (κ1) is 9.08. The average molecular weight is 191 g/mol. The number of fused-ring (bicyclic) bond motifs is 1. The van der Waals surface area contributed by atoms with Gasteiger partial charge in [-0.25, -0.2) is 15.0 Å². The van der Waals surface area contributed by atoms with Gasteiger partial charge in [-0.1, -0.05) is 0 Å². The van der Waals surface area contributed by atoms with Crippen molar-refractivity contribution >= 4 is 11.3 Å². The van der Waals surface area contributed by atoms with Crippen molar-refractivity contribution in [2.24, 2.45) is 0 Å². The van der Waals surface area contributed by atoms with E-state index >= 15 is 0 Å². The smallest absolute Gasteiger partial charge is 0.198 e. The van der Waals surface area contributed by atoms with Gasteiger partial charge in [0.1, 0.15) is 6.20 Å². The lowest BCUT2D eigenvalue weighted by atomic mass is 10.6. The van der Waals surface area contributed by atoms with Crippen LogP contribution < -0.4 is 0 Å². The van der Waals surface area contributed by atoms with Crippen LogP contribution in [0.3, 0.4) is 0 Å². The van der Waals surface area contributed by atoms with Crippen LogP contribution in [0.15, 0.2) is 12.5 Å². The Balaban J connectivity index is 2.17. The summed E-state index contributed by atoms with van der Waals surface area (Å²) in [6.07, 6.45) is 5.91. The maximum absolute atomic E-state index is 5.25. The van der Waals surface area contributed by atoms with Gasteiger partial charge in [-0.3, -0.25) is 0 Å². The first-order valence-electron chi connectivity index (χ1n) is 4.53. The number of imidazole rings is 1. The Bertz CT molecular complexity index is 412. The highest BCUT2D eigenvalue weighted by Crippen LogP contribution is 2.04. The molecule has 0 saturated heterocycles. The van der Waals surface area contributed by atoms with Gasteiger partial charge in [-0.15, -0.1) is 0 Å². The summed E-state index contributed by atoms with van der Waals surface area (Å²) in [5.74, 6) is 0. The van der Waals surface area contributed by atoms with Gasteiger partial charge in [0.25, 0.3) is 0 Å². The Labute approximate surface area is 81.8 Å². The molecule has 0 bridgehead atoms. The van der Waals surface area contributed by atoms with Gasteiger partial charge in [0.15, 0.2) is 11.3 Å². The van der Waals surface area contributed by atoms with Gasteiger partial charge in [-0.05, 0) is 6.92 Å². The Hall–Kier alpha value is -1.49. The summed E-state index contributed by atoms with van der Waals surface area (Å²) in [7, 11) is 0. The predicted octanol–water partition coefficient (Wildman–Crippen LogP) is 0.663. The zero-order chi connectivity index (χ0) is 9.80. The van der Waals surface area contributed by atoms with Crippen molar-refractivity contribution in [3.8, 4) is 0 Å². The zero-order valence-electron chi connectivity index (χ0n) is 7.97. The van der Waals surface area contributed by atoms with E-state index in [2.05, 4.69) is 21.1 Å². The third-order valence-electron chi connectivity index (χ3n) is 1.89. The molecule has 5 heteroatoms. The lowest BCUT2D eigenvalue weighted by Crippen LogP contribution is -2.05. The number of aromatic nitrogens is 4. The molecule has 0 aliphatic heterocycles. The normalized spacial score (nSPS) is 10.9. The molecule has 0 N–H and O–H groups in total. The van der Waals surface area contributed by atoms with Crippen LogP contribution in [0.5, 0.6) is 0 Å². The first-order valence-corrected chi connectivity index (χ1v) is 4.53. The van der Waals surface area contributed by atoms with Crippen molar-refractivity contribution in [1.82, 2.24) is 19.5 Å². The fourth-order valence-electron chi connectivity index (χ4n) is 1.23. The van der Waals surface area contributed by atoms with E-state index in [9.17, 15) is 0 Å². The average Bonchev–Trinajstić information content (AvgIpc) is 2.63. The van der Waals surface area contributed by atoms with Crippen LogP contribution >= 0.6 is 0 Å². The quantitative estimate of drug-likeness (QED) is 0.666. The monoisotopic (exact) mass is 191 g/mol. The molecule has 2 aromatic rings. The topological polar surface area (TPSA) is 52.8 Å². The molecule has 0 aliphatic carbocycles. The number of hydrogen-bond acceptors (Lipinski definition) is 4. The minimum Gasteiger partial charge on any atom is -0.380 e. The van der Waals surface area contributed by atoms with Crippen LogP contribution in [0.1, 0.15) is 6.92 Å². The first-order chi connectivity index (χ1) is 6.92. The zero-order valence-corrected chi connectivity index (χ0v) is 7.97. The number of hydrogen-bond donors (Lipinski definition) is 0. The molecular formula is C9H11N4O. The minimum absolute atomic E-state index is 0.629. The maximum atomic E-state index is 5.25. The van der Waals surface area contributed by atoms with Crippen molar-refractivity contribution in [3.63, 3.8) is 0 Å². The molecule has 0 amide bonds. The minimum atomic E-state index is 0.629. The molecule has 73 valence electrons. The van der Waals surface area contributed by atoms with Gasteiger partial charge in [0.2, 0.25) is 0 Å². The summed E-state index contributed by atoms with van der Waals surface area (Å²) in [6.45, 7) is 4.12. The van der Waals surface area contributed by atoms with Gasteiger partial charge >= 0.3 is 0 Å². The molecule has 2 aromatic heterocycles. The highest BCUT2D eigenvalue weighted by atomic mass is 16.5. The fourth-order valence-corrected chi connectivity index (χ4v) is 1.23. The summed E-state index contributed by atoms with van der Waals surface area (Å²) in [6, 6.07) is 0. The lowest BCUT2D eigenvalue weighted by molar-refractivity contribution is 0.139. The van der Waals surface area contributed by atoms with E-state index in [1.165, 1.54) is 0 Å². The van der Waals surface area contributed by atoms with E-state index in [1.54, 1.807) is 12.5 Å². The molecule has 0 fully saturated rings. The van der Waals surface area contributed by atoms with Crippen molar-refractivity contribution in [2.45, 2.75) is 13.5 Å². The van der Waals surface area contributed by atoms with E-state index < -0.39 is 0 Å². The molecule has 5 nitrogen and oxygen atoms in total. The Morgan fingerprint density at radius 1 is 1.50 bits per heavy atom. The van der Waals surface area contributed by atoms with Crippen molar-refractivity contribution in [1.29, 1.82) is 0 Å². The lowest BCUT2D eigenvalue weighted by Gasteiger charge is -2.02. The van der Waals surface area contributed by atoms with E-state index in [0.717, 1.165) is 18.8 Å². The highest BCUT2D eigenvalue weighted by molar-refractivity contribution is 5.64. The summed E-state index contributed by atoms with van der Waals surface area (Å²) in [5, 5.41) is 0. The number of rotatable bonds is 4. The van der Waals surface area contributed by atoms with Crippen LogP contribution in [0, 0.1) is 6.20 Å². The second-order valence-electron chi connectivity index (χ2n) is 2.78. The molecule has 1 radical (unpaired) electrons. The van der Waals surface area contributed by atoms with Gasteiger partial charge in [0.05, 0.1) is 19.1 Å². The number of nitrogens with zero attached hydrogens (tertiary/aromatic N) is 4. The summed E-state index contributed by atoms with van der Waals surface area (Å²) < 4.78 is 7.17. The van der Waals surface area contributed by atoms with Crippen LogP contribution in [-0.2, 0) is 11.3 Å². The molecule has 0 saturated carbocycles.